The van der Waals surface area contributed by atoms with Crippen LogP contribution in [0.5, 0.6) is 0 Å². The molecule has 0 aliphatic carbocycles. The number of carbonyl (C=O) groups is 3. The van der Waals surface area contributed by atoms with Crippen LogP contribution in [0.4, 0.5) is 4.79 Å². The summed E-state index contributed by atoms with van der Waals surface area (Å²) in [6, 6.07) is 7.55. The van der Waals surface area contributed by atoms with Crippen LogP contribution in [0.25, 0.3) is 0 Å². The van der Waals surface area contributed by atoms with E-state index in [-0.39, 0.29) is 37.2 Å². The molecule has 1 aliphatic rings. The summed E-state index contributed by atoms with van der Waals surface area (Å²) in [5.74, 6) is -1.22. The molecule has 1 fully saturated rings. The molecule has 2 aromatic rings. The van der Waals surface area contributed by atoms with Crippen molar-refractivity contribution >= 4 is 18.0 Å². The van der Waals surface area contributed by atoms with Crippen LogP contribution in [-0.2, 0) is 14.3 Å². The van der Waals surface area contributed by atoms with E-state index in [0.717, 1.165) is 0 Å². The average Bonchev–Trinajstić information content (AvgIpc) is 3.17. The van der Waals surface area contributed by atoms with Crippen molar-refractivity contribution in [1.29, 1.82) is 0 Å². The molecule has 0 unspecified atom stereocenters. The summed E-state index contributed by atoms with van der Waals surface area (Å²) in [5, 5.41) is 2.67. The van der Waals surface area contributed by atoms with Gasteiger partial charge in [0.05, 0.1) is 13.2 Å². The molecule has 37 heavy (non-hydrogen) atoms. The predicted molar refractivity (Wildman–Crippen MR) is 136 cm³/mol. The highest BCUT2D eigenvalue weighted by Crippen LogP contribution is 2.36. The van der Waals surface area contributed by atoms with Gasteiger partial charge in [-0.25, -0.2) is 9.59 Å². The molecule has 3 rings (SSSR count). The first-order valence-corrected chi connectivity index (χ1v) is 12.0. The number of ether oxygens (including phenoxy) is 2. The van der Waals surface area contributed by atoms with E-state index >= 15 is 0 Å². The number of aromatic nitrogens is 2. The van der Waals surface area contributed by atoms with Crippen molar-refractivity contribution in [1.82, 2.24) is 19.4 Å². The van der Waals surface area contributed by atoms with Crippen molar-refractivity contribution < 1.29 is 23.9 Å². The molecule has 1 aromatic carbocycles. The van der Waals surface area contributed by atoms with Gasteiger partial charge in [0.2, 0.25) is 0 Å². The van der Waals surface area contributed by atoms with E-state index in [9.17, 15) is 24.0 Å². The quantitative estimate of drug-likeness (QED) is 0.577. The van der Waals surface area contributed by atoms with Gasteiger partial charge in [0.25, 0.3) is 11.5 Å². The highest BCUT2D eigenvalue weighted by molar-refractivity contribution is 5.95. The zero-order valence-electron chi connectivity index (χ0n) is 22.1. The van der Waals surface area contributed by atoms with E-state index in [0.29, 0.717) is 4.57 Å². The van der Waals surface area contributed by atoms with E-state index in [2.05, 4.69) is 5.32 Å². The first-order chi connectivity index (χ1) is 17.3. The van der Waals surface area contributed by atoms with Crippen LogP contribution < -0.4 is 16.6 Å². The number of amides is 1. The lowest BCUT2D eigenvalue weighted by atomic mass is 9.97. The number of likely N-dealkylation sites (tertiary alicyclic amines) is 1. The topological polar surface area (TPSA) is 129 Å². The molecule has 11 heteroatoms. The normalized spacial score (nSPS) is 19.9. The van der Waals surface area contributed by atoms with Crippen LogP contribution >= 0.6 is 0 Å². The first-order valence-electron chi connectivity index (χ1n) is 12.0. The summed E-state index contributed by atoms with van der Waals surface area (Å²) in [5.41, 5.74) is -2.80. The van der Waals surface area contributed by atoms with Gasteiger partial charge in [0.15, 0.2) is 0 Å². The van der Waals surface area contributed by atoms with Crippen LogP contribution in [0.2, 0.25) is 0 Å². The molecule has 1 saturated heterocycles. The van der Waals surface area contributed by atoms with Crippen LogP contribution in [0.15, 0.2) is 46.1 Å². The molecular weight excluding hydrogens is 480 g/mol. The number of carbonyl (C=O) groups excluding carboxylic acids is 3. The molecule has 2 heterocycles. The second-order valence-electron chi connectivity index (χ2n) is 10.3. The number of hydrogen-bond acceptors (Lipinski definition) is 8. The zero-order chi connectivity index (χ0) is 27.5. The van der Waals surface area contributed by atoms with Crippen molar-refractivity contribution in [2.45, 2.75) is 58.2 Å². The van der Waals surface area contributed by atoms with Gasteiger partial charge < -0.3 is 14.8 Å². The smallest absolute Gasteiger partial charge is 0.407 e. The number of aryl methyl sites for hydroxylation is 1. The molecule has 1 aromatic heterocycles. The molecule has 1 aliphatic heterocycles. The van der Waals surface area contributed by atoms with Crippen LogP contribution in [-0.4, -0.2) is 69.9 Å². The van der Waals surface area contributed by atoms with Crippen molar-refractivity contribution in [3.05, 3.63) is 68.5 Å². The van der Waals surface area contributed by atoms with Gasteiger partial charge in [-0.2, -0.15) is 4.57 Å². The Balaban J connectivity index is 1.91. The lowest BCUT2D eigenvalue weighted by molar-refractivity contribution is -0.152. The van der Waals surface area contributed by atoms with Crippen LogP contribution in [0.3, 0.4) is 0 Å². The third-order valence-electron chi connectivity index (χ3n) is 6.34. The highest BCUT2D eigenvalue weighted by atomic mass is 16.6. The lowest BCUT2D eigenvalue weighted by Gasteiger charge is -2.32. The fraction of sp³-hybridized carbons (Fsp3) is 0.500. The van der Waals surface area contributed by atoms with Crippen LogP contribution in [0, 0.1) is 6.92 Å². The Hall–Kier alpha value is -3.73. The monoisotopic (exact) mass is 514 g/mol. The fourth-order valence-corrected chi connectivity index (χ4v) is 4.52. The zero-order valence-corrected chi connectivity index (χ0v) is 22.1. The summed E-state index contributed by atoms with van der Waals surface area (Å²) < 4.78 is 12.3. The summed E-state index contributed by atoms with van der Waals surface area (Å²) in [4.78, 5) is 66.0. The fourth-order valence-electron chi connectivity index (χ4n) is 4.52. The van der Waals surface area contributed by atoms with Crippen molar-refractivity contribution in [3.8, 4) is 0 Å². The molecule has 2 atom stereocenters. The Morgan fingerprint density at radius 3 is 2.38 bits per heavy atom. The number of esters is 1. The van der Waals surface area contributed by atoms with E-state index in [1.54, 1.807) is 45.9 Å². The van der Waals surface area contributed by atoms with E-state index in [1.165, 1.54) is 36.9 Å². The van der Waals surface area contributed by atoms with Crippen molar-refractivity contribution in [3.63, 3.8) is 0 Å². The minimum atomic E-state index is -1.10. The molecule has 0 radical (unpaired) electrons. The third kappa shape index (κ3) is 5.99. The summed E-state index contributed by atoms with van der Waals surface area (Å²) >= 11 is 0. The number of benzene rings is 1. The molecule has 0 bridgehead atoms. The Bertz CT molecular complexity index is 1290. The van der Waals surface area contributed by atoms with E-state index < -0.39 is 46.4 Å². The van der Waals surface area contributed by atoms with Crippen LogP contribution in [0.1, 0.15) is 56.1 Å². The summed E-state index contributed by atoms with van der Waals surface area (Å²) in [6.07, 6.45) is 1.04. The average molecular weight is 515 g/mol. The second kappa shape index (κ2) is 10.7. The Morgan fingerprint density at radius 1 is 1.14 bits per heavy atom. The van der Waals surface area contributed by atoms with Gasteiger partial charge in [-0.3, -0.25) is 23.9 Å². The molecule has 0 spiro atoms. The minimum Gasteiger partial charge on any atom is -0.468 e. The molecule has 0 saturated carbocycles. The molecule has 200 valence electrons. The van der Waals surface area contributed by atoms with Gasteiger partial charge in [-0.1, -0.05) is 18.2 Å². The van der Waals surface area contributed by atoms with Crippen molar-refractivity contribution in [2.24, 2.45) is 0 Å². The largest absolute Gasteiger partial charge is 0.468 e. The molecule has 1 N–H and O–H groups in total. The summed E-state index contributed by atoms with van der Waals surface area (Å²) in [6.45, 7) is 9.22. The minimum absolute atomic E-state index is 0.189. The lowest BCUT2D eigenvalue weighted by Crippen LogP contribution is -2.51. The maximum absolute atomic E-state index is 13.4. The maximum Gasteiger partial charge on any atom is 0.407 e. The number of hydrogen-bond donors (Lipinski definition) is 1. The highest BCUT2D eigenvalue weighted by Gasteiger charge is 2.49. The van der Waals surface area contributed by atoms with Crippen molar-refractivity contribution in [2.75, 3.05) is 26.7 Å². The SMILES string of the molecule is COC(=O)[C@@]1(C)C[C@H](n2cc(C)c(=O)n(C(=O)c3ccccc3)c2=O)CN1CCNC(=O)OC(C)(C)C. The number of nitrogens with zero attached hydrogens (tertiary/aromatic N) is 3. The van der Waals surface area contributed by atoms with Gasteiger partial charge >= 0.3 is 17.8 Å². The van der Waals surface area contributed by atoms with E-state index in [4.69, 9.17) is 9.47 Å². The predicted octanol–water partition coefficient (Wildman–Crippen LogP) is 1.71. The third-order valence-corrected chi connectivity index (χ3v) is 6.34. The number of alkyl carbamates (subject to hydrolysis) is 1. The van der Waals surface area contributed by atoms with Gasteiger partial charge in [0.1, 0.15) is 11.1 Å². The summed E-state index contributed by atoms with van der Waals surface area (Å²) in [7, 11) is 1.28. The number of rotatable bonds is 6. The Morgan fingerprint density at radius 2 is 1.78 bits per heavy atom. The maximum atomic E-state index is 13.4. The number of methoxy groups -OCH3 is 1. The standard InChI is InChI=1S/C26H34N4O7/c1-17-15-29(24(35)30(20(17)31)21(32)18-10-8-7-9-11-18)19-14-26(5,22(33)36-6)28(16-19)13-12-27-23(34)37-25(2,3)4/h7-11,15,19H,12-14,16H2,1-6H3,(H,27,34)/t19-,26+/m0/s1. The molecule has 11 nitrogen and oxygen atoms in total. The molecular formula is C26H34N4O7. The number of nitrogens with one attached hydrogen (secondary N) is 1. The Kier molecular flexibility index (Phi) is 8.06. The van der Waals surface area contributed by atoms with Gasteiger partial charge in [-0.05, 0) is 53.2 Å². The Labute approximate surface area is 215 Å². The van der Waals surface area contributed by atoms with Gasteiger partial charge in [0, 0.05) is 37.0 Å². The van der Waals surface area contributed by atoms with E-state index in [1.807, 2.05) is 4.90 Å². The second-order valence-corrected chi connectivity index (χ2v) is 10.3. The molecule has 1 amide bonds. The first kappa shape index (κ1) is 27.9. The van der Waals surface area contributed by atoms with Gasteiger partial charge in [-0.15, -0.1) is 0 Å².